The van der Waals surface area contributed by atoms with E-state index in [0.29, 0.717) is 14.2 Å². The summed E-state index contributed by atoms with van der Waals surface area (Å²) in [6.07, 6.45) is 0.715. The maximum absolute atomic E-state index is 10.7. The molecular weight excluding hydrogens is 620 g/mol. The zero-order valence-electron chi connectivity index (χ0n) is 17.3. The molecule has 0 atom stereocenters. The van der Waals surface area contributed by atoms with Crippen molar-refractivity contribution in [2.24, 2.45) is 0 Å². The van der Waals surface area contributed by atoms with Crippen LogP contribution in [0.5, 0.6) is 0 Å². The summed E-state index contributed by atoms with van der Waals surface area (Å²) >= 11 is 0. The van der Waals surface area contributed by atoms with Gasteiger partial charge in [0, 0.05) is 20.1 Å². The molecule has 0 aromatic rings. The standard InChI is InChI=1S/C10H15.C3H9P.CHF3O3S.CH4O3S.Ir/c1-6-7(2)9(4)10(5)8(6)3;1-4(2)3;2-1(3,4)8(5,6)7;1-5(2,3)4;/h1-5H3;1-3H3;(H,5,6,7);1H3,(H,2,3,4);. The van der Waals surface area contributed by atoms with Gasteiger partial charge < -0.3 is 0 Å². The van der Waals surface area contributed by atoms with Gasteiger partial charge in [-0.2, -0.15) is 30.0 Å². The molecule has 6 radical (unpaired) electrons. The summed E-state index contributed by atoms with van der Waals surface area (Å²) in [6.45, 7) is 17.7. The third-order valence-corrected chi connectivity index (χ3v) is 3.69. The van der Waals surface area contributed by atoms with E-state index in [0.717, 1.165) is 0 Å². The molecular formula is C15H29F3IrO6PS2. The molecule has 0 bridgehead atoms. The summed E-state index contributed by atoms with van der Waals surface area (Å²) in [5.74, 6) is 7.34. The van der Waals surface area contributed by atoms with Gasteiger partial charge in [-0.05, 0) is 49.6 Å². The monoisotopic (exact) mass is 650 g/mol. The van der Waals surface area contributed by atoms with E-state index in [1.807, 2.05) is 0 Å². The van der Waals surface area contributed by atoms with E-state index in [4.69, 9.17) is 17.5 Å². The van der Waals surface area contributed by atoms with Gasteiger partial charge in [0.15, 0.2) is 0 Å². The molecule has 0 saturated heterocycles. The molecule has 13 heteroatoms. The third kappa shape index (κ3) is 20.0. The van der Waals surface area contributed by atoms with E-state index in [1.165, 1.54) is 29.6 Å². The maximum atomic E-state index is 10.7. The van der Waals surface area contributed by atoms with Crippen molar-refractivity contribution in [3.63, 3.8) is 0 Å². The molecule has 172 valence electrons. The third-order valence-electron chi connectivity index (χ3n) is 3.10. The summed E-state index contributed by atoms with van der Waals surface area (Å²) < 4.78 is 83.4. The van der Waals surface area contributed by atoms with Gasteiger partial charge in [-0.15, -0.1) is 7.92 Å². The fourth-order valence-corrected chi connectivity index (χ4v) is 1.41. The first-order chi connectivity index (χ1) is 11.5. The van der Waals surface area contributed by atoms with Crippen molar-refractivity contribution in [1.29, 1.82) is 0 Å². The topological polar surface area (TPSA) is 109 Å². The second-order valence-electron chi connectivity index (χ2n) is 6.12. The van der Waals surface area contributed by atoms with Gasteiger partial charge in [0.2, 0.25) is 0 Å². The van der Waals surface area contributed by atoms with Crippen molar-refractivity contribution < 1.29 is 59.2 Å². The van der Waals surface area contributed by atoms with Crippen LogP contribution in [0, 0.1) is 29.6 Å². The smallest absolute Gasteiger partial charge is 0.286 e. The van der Waals surface area contributed by atoms with Crippen LogP contribution in [-0.2, 0) is 40.3 Å². The van der Waals surface area contributed by atoms with Crippen molar-refractivity contribution in [3.8, 4) is 0 Å². The van der Waals surface area contributed by atoms with Crippen LogP contribution in [0.4, 0.5) is 13.2 Å². The molecule has 0 aromatic carbocycles. The Morgan fingerprint density at radius 1 is 0.714 bits per heavy atom. The molecule has 0 amide bonds. The van der Waals surface area contributed by atoms with Crippen molar-refractivity contribution in [3.05, 3.63) is 29.6 Å². The Labute approximate surface area is 183 Å². The Morgan fingerprint density at radius 3 is 0.821 bits per heavy atom. The minimum Gasteiger partial charge on any atom is -0.286 e. The molecule has 0 unspecified atom stereocenters. The van der Waals surface area contributed by atoms with Crippen LogP contribution >= 0.6 is 7.92 Å². The minimum atomic E-state index is -5.84. The predicted octanol–water partition coefficient (Wildman–Crippen LogP) is 4.23. The minimum absolute atomic E-state index is 0. The first kappa shape index (κ1) is 36.1. The van der Waals surface area contributed by atoms with Crippen LogP contribution in [0.3, 0.4) is 0 Å². The first-order valence-electron chi connectivity index (χ1n) is 7.30. The Hall–Kier alpha value is 0.689. The average molecular weight is 650 g/mol. The van der Waals surface area contributed by atoms with Crippen LogP contribution in [0.1, 0.15) is 34.6 Å². The van der Waals surface area contributed by atoms with Gasteiger partial charge in [-0.1, -0.05) is 34.6 Å². The zero-order valence-corrected chi connectivity index (χ0v) is 22.2. The van der Waals surface area contributed by atoms with Gasteiger partial charge in [0.05, 0.1) is 6.26 Å². The van der Waals surface area contributed by atoms with Crippen LogP contribution in [0.2, 0.25) is 0 Å². The zero-order chi connectivity index (χ0) is 23.0. The molecule has 1 fully saturated rings. The van der Waals surface area contributed by atoms with E-state index in [2.05, 4.69) is 54.6 Å². The molecule has 6 nitrogen and oxygen atoms in total. The quantitative estimate of drug-likeness (QED) is 0.231. The number of hydrogen-bond acceptors (Lipinski definition) is 4. The fraction of sp³-hybridized carbons (Fsp3) is 0.667. The van der Waals surface area contributed by atoms with Crippen LogP contribution < -0.4 is 0 Å². The maximum Gasteiger partial charge on any atom is 0.522 e. The largest absolute Gasteiger partial charge is 0.522 e. The van der Waals surface area contributed by atoms with E-state index < -0.39 is 25.7 Å². The second-order valence-corrected chi connectivity index (χ2v) is 11.7. The molecule has 1 aliphatic rings. The summed E-state index contributed by atoms with van der Waals surface area (Å²) in [5.41, 5.74) is -5.53. The van der Waals surface area contributed by atoms with E-state index in [-0.39, 0.29) is 20.1 Å². The molecule has 1 saturated carbocycles. The van der Waals surface area contributed by atoms with Crippen molar-refractivity contribution in [1.82, 2.24) is 0 Å². The number of alkyl halides is 3. The van der Waals surface area contributed by atoms with Crippen LogP contribution in [0.15, 0.2) is 0 Å². The van der Waals surface area contributed by atoms with Gasteiger partial charge in [0.25, 0.3) is 10.1 Å². The molecule has 0 spiro atoms. The van der Waals surface area contributed by atoms with Crippen LogP contribution in [0.25, 0.3) is 0 Å². The van der Waals surface area contributed by atoms with Gasteiger partial charge in [-0.25, -0.2) is 0 Å². The average Bonchev–Trinajstić information content (AvgIpc) is 2.53. The summed E-state index contributed by atoms with van der Waals surface area (Å²) in [7, 11) is -9.13. The SMILES string of the molecule is CP(C)C.CS(=O)(=O)O.C[C]1[C](C)[C](C)[C](C)[C]1C.O=S(=O)(O)C(F)(F)F.[Ir]. The van der Waals surface area contributed by atoms with Crippen LogP contribution in [-0.4, -0.2) is 57.7 Å². The molecule has 1 aliphatic carbocycles. The van der Waals surface area contributed by atoms with E-state index in [1.54, 1.807) is 0 Å². The molecule has 0 aromatic heterocycles. The Morgan fingerprint density at radius 2 is 0.786 bits per heavy atom. The van der Waals surface area contributed by atoms with Crippen molar-refractivity contribution in [2.45, 2.75) is 40.1 Å². The molecule has 2 N–H and O–H groups in total. The van der Waals surface area contributed by atoms with Crippen molar-refractivity contribution >= 4 is 28.2 Å². The van der Waals surface area contributed by atoms with Gasteiger partial charge in [-0.3, -0.25) is 9.11 Å². The predicted molar refractivity (Wildman–Crippen MR) is 104 cm³/mol. The fourth-order valence-electron chi connectivity index (χ4n) is 1.41. The first-order valence-corrected chi connectivity index (χ1v) is 13.3. The number of halogens is 3. The summed E-state index contributed by atoms with van der Waals surface area (Å²) in [5, 5.41) is 0. The second kappa shape index (κ2) is 14.7. The Kier molecular flexibility index (Phi) is 18.9. The Bertz CT molecular complexity index is 556. The Balaban J connectivity index is -0.000000145. The number of rotatable bonds is 0. The van der Waals surface area contributed by atoms with Crippen molar-refractivity contribution in [2.75, 3.05) is 26.3 Å². The van der Waals surface area contributed by atoms with Gasteiger partial charge in [0.1, 0.15) is 0 Å². The molecule has 1 rings (SSSR count). The van der Waals surface area contributed by atoms with Gasteiger partial charge >= 0.3 is 15.6 Å². The molecule has 0 heterocycles. The summed E-state index contributed by atoms with van der Waals surface area (Å²) in [6, 6.07) is 0. The number of hydrogen-bond donors (Lipinski definition) is 2. The van der Waals surface area contributed by atoms with E-state index >= 15 is 0 Å². The normalized spacial score (nSPS) is 17.5. The van der Waals surface area contributed by atoms with E-state index in [9.17, 15) is 21.6 Å². The summed E-state index contributed by atoms with van der Waals surface area (Å²) in [4.78, 5) is 0. The molecule has 0 aliphatic heterocycles. The molecule has 28 heavy (non-hydrogen) atoms.